The Balaban J connectivity index is 3.78. The predicted molar refractivity (Wildman–Crippen MR) is 51.8 cm³/mol. The second kappa shape index (κ2) is 6.74. The van der Waals surface area contributed by atoms with Crippen molar-refractivity contribution in [3.63, 3.8) is 0 Å². The van der Waals surface area contributed by atoms with Gasteiger partial charge in [-0.05, 0) is 13.8 Å². The smallest absolute Gasteiger partial charge is 0.0496 e. The summed E-state index contributed by atoms with van der Waals surface area (Å²) in [5, 5.41) is 6.12. The van der Waals surface area contributed by atoms with E-state index >= 15 is 0 Å². The fourth-order valence-corrected chi connectivity index (χ4v) is 1.08. The molecule has 0 aliphatic heterocycles. The van der Waals surface area contributed by atoms with Crippen molar-refractivity contribution in [1.82, 2.24) is 5.01 Å². The molecular formula is C7H14Cl2N2. The summed E-state index contributed by atoms with van der Waals surface area (Å²) in [4.78, 5) is 0. The van der Waals surface area contributed by atoms with Gasteiger partial charge < -0.3 is 0 Å². The molecule has 0 unspecified atom stereocenters. The second-order valence-corrected chi connectivity index (χ2v) is 3.13. The van der Waals surface area contributed by atoms with Crippen molar-refractivity contribution in [2.75, 3.05) is 24.8 Å². The van der Waals surface area contributed by atoms with Gasteiger partial charge in [0.1, 0.15) is 0 Å². The fraction of sp³-hybridized carbons (Fsp3) is 0.857. The third-order valence-corrected chi connectivity index (χ3v) is 1.36. The largest absolute Gasteiger partial charge is 0.295 e. The lowest BCUT2D eigenvalue weighted by molar-refractivity contribution is 0.325. The molecule has 0 aromatic rings. The van der Waals surface area contributed by atoms with E-state index in [4.69, 9.17) is 23.2 Å². The Labute approximate surface area is 78.2 Å². The molecule has 0 aliphatic carbocycles. The summed E-state index contributed by atoms with van der Waals surface area (Å²) in [5.74, 6) is 1.18. The van der Waals surface area contributed by atoms with Gasteiger partial charge in [0.2, 0.25) is 0 Å². The van der Waals surface area contributed by atoms with Crippen LogP contribution in [0.15, 0.2) is 5.10 Å². The molecule has 0 fully saturated rings. The SMILES string of the molecule is CC(C)=NN(CCCl)CCCl. The van der Waals surface area contributed by atoms with E-state index in [-0.39, 0.29) is 0 Å². The van der Waals surface area contributed by atoms with Crippen LogP contribution in [0, 0.1) is 0 Å². The summed E-state index contributed by atoms with van der Waals surface area (Å²) >= 11 is 11.1. The number of rotatable bonds is 5. The van der Waals surface area contributed by atoms with Gasteiger partial charge in [-0.15, -0.1) is 23.2 Å². The van der Waals surface area contributed by atoms with Crippen LogP contribution in [0.5, 0.6) is 0 Å². The maximum atomic E-state index is 5.56. The molecule has 0 aromatic heterocycles. The molecule has 0 aliphatic rings. The van der Waals surface area contributed by atoms with Crippen molar-refractivity contribution >= 4 is 28.9 Å². The van der Waals surface area contributed by atoms with Crippen molar-refractivity contribution in [3.8, 4) is 0 Å². The normalized spacial score (nSPS) is 9.45. The number of hydrogen-bond acceptors (Lipinski definition) is 2. The summed E-state index contributed by atoms with van der Waals surface area (Å²) in [6.07, 6.45) is 0. The maximum absolute atomic E-state index is 5.56. The molecule has 0 aromatic carbocycles. The first-order chi connectivity index (χ1) is 5.20. The Morgan fingerprint density at radius 2 is 1.64 bits per heavy atom. The van der Waals surface area contributed by atoms with E-state index in [1.165, 1.54) is 0 Å². The van der Waals surface area contributed by atoms with Crippen LogP contribution in [0.1, 0.15) is 13.8 Å². The van der Waals surface area contributed by atoms with E-state index in [1.54, 1.807) is 0 Å². The molecule has 0 saturated heterocycles. The number of alkyl halides is 2. The molecule has 0 radical (unpaired) electrons. The summed E-state index contributed by atoms with van der Waals surface area (Å²) in [6.45, 7) is 5.43. The zero-order chi connectivity index (χ0) is 8.69. The van der Waals surface area contributed by atoms with E-state index in [1.807, 2.05) is 18.9 Å². The molecule has 2 nitrogen and oxygen atoms in total. The zero-order valence-electron chi connectivity index (χ0n) is 6.98. The minimum Gasteiger partial charge on any atom is -0.295 e. The van der Waals surface area contributed by atoms with Crippen LogP contribution in [0.3, 0.4) is 0 Å². The second-order valence-electron chi connectivity index (χ2n) is 2.38. The monoisotopic (exact) mass is 196 g/mol. The van der Waals surface area contributed by atoms with Crippen molar-refractivity contribution in [3.05, 3.63) is 0 Å². The van der Waals surface area contributed by atoms with Gasteiger partial charge in [-0.25, -0.2) is 0 Å². The van der Waals surface area contributed by atoms with Crippen LogP contribution >= 0.6 is 23.2 Å². The molecule has 0 atom stereocenters. The van der Waals surface area contributed by atoms with Gasteiger partial charge in [-0.2, -0.15) is 5.10 Å². The third-order valence-electron chi connectivity index (χ3n) is 1.03. The molecule has 0 amide bonds. The van der Waals surface area contributed by atoms with Crippen LogP contribution in [0.25, 0.3) is 0 Å². The molecule has 11 heavy (non-hydrogen) atoms. The fourth-order valence-electron chi connectivity index (χ4n) is 0.690. The number of hydrazone groups is 1. The van der Waals surface area contributed by atoms with Crippen molar-refractivity contribution in [2.24, 2.45) is 5.10 Å². The van der Waals surface area contributed by atoms with Crippen LogP contribution in [-0.2, 0) is 0 Å². The Morgan fingerprint density at radius 3 is 1.91 bits per heavy atom. The van der Waals surface area contributed by atoms with Gasteiger partial charge in [0.25, 0.3) is 0 Å². The summed E-state index contributed by atoms with van der Waals surface area (Å²) in [7, 11) is 0. The van der Waals surface area contributed by atoms with E-state index in [2.05, 4.69) is 5.10 Å². The van der Waals surface area contributed by atoms with E-state index in [9.17, 15) is 0 Å². The van der Waals surface area contributed by atoms with Gasteiger partial charge >= 0.3 is 0 Å². The molecule has 4 heteroatoms. The number of nitrogens with zero attached hydrogens (tertiary/aromatic N) is 2. The van der Waals surface area contributed by atoms with E-state index in [0.29, 0.717) is 11.8 Å². The average Bonchev–Trinajstić information content (AvgIpc) is 1.87. The van der Waals surface area contributed by atoms with Crippen LogP contribution in [0.2, 0.25) is 0 Å². The highest BCUT2D eigenvalue weighted by molar-refractivity contribution is 6.18. The zero-order valence-corrected chi connectivity index (χ0v) is 8.49. The summed E-state index contributed by atoms with van der Waals surface area (Å²) in [6, 6.07) is 0. The van der Waals surface area contributed by atoms with Gasteiger partial charge in [0.05, 0.1) is 0 Å². The van der Waals surface area contributed by atoms with Gasteiger partial charge in [-0.1, -0.05) is 0 Å². The van der Waals surface area contributed by atoms with E-state index < -0.39 is 0 Å². The highest BCUT2D eigenvalue weighted by Crippen LogP contribution is 1.93. The lowest BCUT2D eigenvalue weighted by atomic mass is 10.5. The third kappa shape index (κ3) is 6.45. The first-order valence-corrected chi connectivity index (χ1v) is 4.66. The van der Waals surface area contributed by atoms with Crippen LogP contribution in [-0.4, -0.2) is 35.6 Å². The Morgan fingerprint density at radius 1 is 1.18 bits per heavy atom. The van der Waals surface area contributed by atoms with Gasteiger partial charge in [0, 0.05) is 30.6 Å². The molecular weight excluding hydrogens is 183 g/mol. The number of halogens is 2. The maximum Gasteiger partial charge on any atom is 0.0496 e. The minimum absolute atomic E-state index is 0.591. The Hall–Kier alpha value is 0.0500. The molecule has 0 N–H and O–H groups in total. The predicted octanol–water partition coefficient (Wildman–Crippen LogP) is 2.16. The lowest BCUT2D eigenvalue weighted by Crippen LogP contribution is -2.23. The van der Waals surface area contributed by atoms with Crippen LogP contribution in [0.4, 0.5) is 0 Å². The first kappa shape index (κ1) is 11.1. The molecule has 0 rings (SSSR count). The van der Waals surface area contributed by atoms with Crippen molar-refractivity contribution < 1.29 is 0 Å². The van der Waals surface area contributed by atoms with Gasteiger partial charge in [0.15, 0.2) is 0 Å². The van der Waals surface area contributed by atoms with Crippen LogP contribution < -0.4 is 0 Å². The molecule has 0 heterocycles. The molecule has 0 bridgehead atoms. The van der Waals surface area contributed by atoms with Crippen molar-refractivity contribution in [1.29, 1.82) is 0 Å². The molecule has 0 saturated carbocycles. The average molecular weight is 197 g/mol. The van der Waals surface area contributed by atoms with E-state index in [0.717, 1.165) is 18.8 Å². The number of hydrogen-bond donors (Lipinski definition) is 0. The minimum atomic E-state index is 0.591. The quantitative estimate of drug-likeness (QED) is 0.374. The van der Waals surface area contributed by atoms with Gasteiger partial charge in [-0.3, -0.25) is 5.01 Å². The summed E-state index contributed by atoms with van der Waals surface area (Å²) in [5.41, 5.74) is 1.03. The highest BCUT2D eigenvalue weighted by atomic mass is 35.5. The molecule has 66 valence electrons. The topological polar surface area (TPSA) is 15.6 Å². The Bertz CT molecular complexity index is 116. The highest BCUT2D eigenvalue weighted by Gasteiger charge is 1.97. The lowest BCUT2D eigenvalue weighted by Gasteiger charge is -2.16. The first-order valence-electron chi connectivity index (χ1n) is 3.59. The summed E-state index contributed by atoms with van der Waals surface area (Å²) < 4.78 is 0. The standard InChI is InChI=1S/C7H14Cl2N2/c1-7(2)10-11(5-3-8)6-4-9/h3-6H2,1-2H3. The Kier molecular flexibility index (Phi) is 6.77. The van der Waals surface area contributed by atoms with Crippen molar-refractivity contribution in [2.45, 2.75) is 13.8 Å². The molecule has 0 spiro atoms.